The fourth-order valence-corrected chi connectivity index (χ4v) is 10.6. The van der Waals surface area contributed by atoms with Crippen LogP contribution in [0.15, 0.2) is 162 Å². The van der Waals surface area contributed by atoms with Crippen molar-refractivity contribution in [1.82, 2.24) is 14.5 Å². The Kier molecular flexibility index (Phi) is 12.5. The van der Waals surface area contributed by atoms with E-state index in [4.69, 9.17) is 16.3 Å². The van der Waals surface area contributed by atoms with Gasteiger partial charge in [-0.05, 0) is 81.0 Å². The van der Waals surface area contributed by atoms with Gasteiger partial charge in [-0.25, -0.2) is 0 Å². The second kappa shape index (κ2) is 19.9. The van der Waals surface area contributed by atoms with Crippen LogP contribution in [0.2, 0.25) is 19.6 Å². The van der Waals surface area contributed by atoms with Gasteiger partial charge in [-0.15, -0.1) is 53.1 Å². The molecule has 0 N–H and O–H groups in total. The first-order valence-corrected chi connectivity index (χ1v) is 27.5. The first-order chi connectivity index (χ1) is 34.8. The summed E-state index contributed by atoms with van der Waals surface area (Å²) in [4.78, 5) is 9.95. The van der Waals surface area contributed by atoms with E-state index in [9.17, 15) is 0 Å². The molecule has 357 valence electrons. The van der Waals surface area contributed by atoms with Gasteiger partial charge in [0.25, 0.3) is 0 Å². The Morgan fingerprint density at radius 3 is 1.97 bits per heavy atom. The first kappa shape index (κ1) is 43.8. The van der Waals surface area contributed by atoms with E-state index in [1.807, 2.05) is 77.2 Å². The van der Waals surface area contributed by atoms with E-state index >= 15 is 0 Å². The number of hydrogen-bond acceptors (Lipinski definition) is 3. The average Bonchev–Trinajstić information content (AvgIpc) is 3.94. The number of furan rings is 1. The van der Waals surface area contributed by atoms with E-state index in [1.54, 1.807) is 6.07 Å². The summed E-state index contributed by atoms with van der Waals surface area (Å²) >= 11 is 0. The van der Waals surface area contributed by atoms with Crippen molar-refractivity contribution < 1.29 is 31.4 Å². The molecule has 10 aromatic rings. The van der Waals surface area contributed by atoms with Gasteiger partial charge in [-0.2, -0.15) is 0 Å². The molecule has 7 aromatic carbocycles. The minimum atomic E-state index is -2.22. The van der Waals surface area contributed by atoms with Gasteiger partial charge in [0.15, 0.2) is 0 Å². The Morgan fingerprint density at radius 2 is 1.36 bits per heavy atom. The maximum absolute atomic E-state index is 8.74. The van der Waals surface area contributed by atoms with Crippen molar-refractivity contribution >= 4 is 46.2 Å². The molecule has 70 heavy (non-hydrogen) atoms. The predicted octanol–water partition coefficient (Wildman–Crippen LogP) is 16.9. The van der Waals surface area contributed by atoms with Crippen LogP contribution in [0, 0.1) is 24.9 Å². The number of benzene rings is 7. The molecule has 0 aliphatic rings. The van der Waals surface area contributed by atoms with Crippen molar-refractivity contribution in [1.29, 1.82) is 0 Å². The molecule has 0 bridgehead atoms. The monoisotopic (exact) mass is 1120 g/mol. The third kappa shape index (κ3) is 10.2. The van der Waals surface area contributed by atoms with Crippen molar-refractivity contribution in [2.24, 2.45) is 5.92 Å². The number of imidazole rings is 1. The normalized spacial score (nSPS) is 13.5. The summed E-state index contributed by atoms with van der Waals surface area (Å²) < 4.78 is 50.0. The molecule has 4 nitrogen and oxygen atoms in total. The second-order valence-electron chi connectivity index (χ2n) is 21.4. The van der Waals surface area contributed by atoms with Crippen molar-refractivity contribution in [3.8, 4) is 50.6 Å². The van der Waals surface area contributed by atoms with Crippen LogP contribution in [0.5, 0.6) is 0 Å². The van der Waals surface area contributed by atoms with Crippen molar-refractivity contribution in [2.45, 2.75) is 99.1 Å². The Balaban J connectivity index is 0.000000213. The van der Waals surface area contributed by atoms with E-state index in [-0.39, 0.29) is 36.9 Å². The number of fused-ring (bicyclic) bond motifs is 4. The largest absolute Gasteiger partial charge is 0.501 e. The number of rotatable bonds is 8. The predicted molar refractivity (Wildman–Crippen MR) is 296 cm³/mol. The third-order valence-electron chi connectivity index (χ3n) is 12.7. The van der Waals surface area contributed by atoms with E-state index in [0.717, 1.165) is 83.1 Å². The Morgan fingerprint density at radius 1 is 0.729 bits per heavy atom. The molecule has 0 fully saturated rings. The SMILES string of the molecule is CC(C)(C)c1cc(-c2ccccc2)c(-n2c(-c3[c-]ccc4c3oc3ccccc34)nc3ccccc32)c(-c2ccccc2)c1.[2H]C([2H])([2H])c1c[c-]c(-c2cc(C([2H])([2H])C(C)C)c([Si](C)(C)C)cn2)cc1C(C)(C)C.[Ir]. The van der Waals surface area contributed by atoms with Crippen LogP contribution in [0.1, 0.15) is 84.5 Å². The summed E-state index contributed by atoms with van der Waals surface area (Å²) in [5, 5.41) is 3.16. The molecule has 6 heteroatoms. The average molecular weight is 1120 g/mol. The summed E-state index contributed by atoms with van der Waals surface area (Å²) in [5.41, 5.74) is 14.0. The minimum Gasteiger partial charge on any atom is -0.501 e. The van der Waals surface area contributed by atoms with Crippen LogP contribution in [-0.4, -0.2) is 22.6 Å². The molecular formula is C64H65IrN3OSi-2. The van der Waals surface area contributed by atoms with Crippen LogP contribution >= 0.6 is 0 Å². The molecule has 0 atom stereocenters. The summed E-state index contributed by atoms with van der Waals surface area (Å²) in [6.07, 6.45) is 0.332. The summed E-state index contributed by atoms with van der Waals surface area (Å²) in [6.45, 7) is 21.0. The second-order valence-corrected chi connectivity index (χ2v) is 26.5. The van der Waals surface area contributed by atoms with Crippen LogP contribution in [0.25, 0.3) is 83.6 Å². The summed E-state index contributed by atoms with van der Waals surface area (Å²) in [6, 6.07) is 58.7. The van der Waals surface area contributed by atoms with Gasteiger partial charge in [-0.3, -0.25) is 4.98 Å². The number of aromatic nitrogens is 3. The van der Waals surface area contributed by atoms with Crippen LogP contribution in [-0.2, 0) is 37.3 Å². The van der Waals surface area contributed by atoms with Gasteiger partial charge in [0.2, 0.25) is 0 Å². The van der Waals surface area contributed by atoms with E-state index < -0.39 is 21.3 Å². The molecule has 0 saturated heterocycles. The molecule has 0 unspecified atom stereocenters. The molecule has 0 aliphatic carbocycles. The van der Waals surface area contributed by atoms with E-state index in [0.29, 0.717) is 22.4 Å². The number of nitrogens with zero attached hydrogens (tertiary/aromatic N) is 3. The summed E-state index contributed by atoms with van der Waals surface area (Å²) in [7, 11) is -1.82. The van der Waals surface area contributed by atoms with E-state index in [1.165, 1.54) is 5.56 Å². The fourth-order valence-electron chi connectivity index (χ4n) is 9.15. The van der Waals surface area contributed by atoms with Crippen LogP contribution in [0.3, 0.4) is 0 Å². The maximum atomic E-state index is 8.74. The number of aryl methyl sites for hydroxylation is 1. The topological polar surface area (TPSA) is 43.9 Å². The van der Waals surface area contributed by atoms with Crippen LogP contribution < -0.4 is 5.19 Å². The van der Waals surface area contributed by atoms with Gasteiger partial charge in [0, 0.05) is 49.7 Å². The molecule has 0 saturated carbocycles. The standard InChI is InChI=1S/C41H31N2O.C23H34NSi.Ir/c1-41(2,3)29-25-33(27-15-6-4-7-16-27)38(34(26-29)28-17-8-5-9-18-28)43-36-23-12-11-22-35(36)42-40(43)32-21-14-20-31-30-19-10-13-24-37(30)44-39(31)32;1-16(2)12-19-14-21(24-15-22(19)25(7,8)9)18-11-10-17(3)20(13-18)23(4,5)6;/h4-20,22-26H,1-3H3;10,13-16H,12H2,1-9H3;/q2*-1;/i;3D3,12D2;. The quantitative estimate of drug-likeness (QED) is 0.112. The zero-order chi connectivity index (χ0) is 53.1. The Hall–Kier alpha value is -6.17. The number of para-hydroxylation sites is 3. The van der Waals surface area contributed by atoms with Gasteiger partial charge in [0.05, 0.1) is 36.2 Å². The molecular weight excluding hydrogens is 1050 g/mol. The van der Waals surface area contributed by atoms with Gasteiger partial charge >= 0.3 is 0 Å². The first-order valence-electron chi connectivity index (χ1n) is 26.5. The van der Waals surface area contributed by atoms with Crippen LogP contribution in [0.4, 0.5) is 0 Å². The Labute approximate surface area is 437 Å². The molecule has 10 rings (SSSR count). The zero-order valence-electron chi connectivity index (χ0n) is 47.2. The molecule has 0 spiro atoms. The molecule has 0 aliphatic heterocycles. The minimum absolute atomic E-state index is 0. The van der Waals surface area contributed by atoms with Crippen molar-refractivity contribution in [3.63, 3.8) is 0 Å². The zero-order valence-corrected chi connectivity index (χ0v) is 45.6. The van der Waals surface area contributed by atoms with Gasteiger partial charge in [-0.1, -0.05) is 195 Å². The maximum Gasteiger partial charge on any atom is 0.120 e. The molecule has 3 aromatic heterocycles. The van der Waals surface area contributed by atoms with Crippen molar-refractivity contribution in [3.05, 3.63) is 192 Å². The summed E-state index contributed by atoms with van der Waals surface area (Å²) in [5.74, 6) is 0.614. The third-order valence-corrected chi connectivity index (χ3v) is 14.7. The molecule has 1 radical (unpaired) electrons. The van der Waals surface area contributed by atoms with Crippen molar-refractivity contribution in [2.75, 3.05) is 0 Å². The van der Waals surface area contributed by atoms with E-state index in [2.05, 4.69) is 171 Å². The van der Waals surface area contributed by atoms with Gasteiger partial charge in [0.1, 0.15) is 5.58 Å². The fraction of sp³-hybridized carbons (Fsp3) is 0.250. The smallest absolute Gasteiger partial charge is 0.120 e. The number of hydrogen-bond donors (Lipinski definition) is 0. The number of pyridine rings is 1. The van der Waals surface area contributed by atoms with Gasteiger partial charge < -0.3 is 14.0 Å². The molecule has 3 heterocycles. The molecule has 0 amide bonds. The Bertz CT molecular complexity index is 3610.